The van der Waals surface area contributed by atoms with Crippen LogP contribution in [-0.2, 0) is 14.8 Å². The summed E-state index contributed by atoms with van der Waals surface area (Å²) >= 11 is 0. The number of hydrogen-bond donors (Lipinski definition) is 0. The number of aryl methyl sites for hydroxylation is 1. The number of hydrogen-bond acceptors (Lipinski definition) is 3. The lowest BCUT2D eigenvalue weighted by atomic mass is 10.2. The van der Waals surface area contributed by atoms with Gasteiger partial charge in [-0.15, -0.1) is 0 Å². The van der Waals surface area contributed by atoms with Gasteiger partial charge in [0.05, 0.1) is 4.90 Å². The van der Waals surface area contributed by atoms with E-state index in [1.807, 2.05) is 0 Å². The Balaban J connectivity index is 3.46. The van der Waals surface area contributed by atoms with Crippen LogP contribution in [-0.4, -0.2) is 14.5 Å². The van der Waals surface area contributed by atoms with Gasteiger partial charge in [-0.2, -0.15) is 8.42 Å². The summed E-state index contributed by atoms with van der Waals surface area (Å²) < 4.78 is 37.8. The second-order valence-corrected chi connectivity index (χ2v) is 4.14. The maximum atomic E-state index is 12.7. The molecule has 4 nitrogen and oxygen atoms in total. The Morgan fingerprint density at radius 3 is 2.64 bits per heavy atom. The summed E-state index contributed by atoms with van der Waals surface area (Å²) in [5.74, 6) is -0.699. The van der Waals surface area contributed by atoms with E-state index in [1.54, 1.807) is 0 Å². The first-order valence-electron chi connectivity index (χ1n) is 3.57. The Bertz CT molecular complexity index is 503. The zero-order valence-corrected chi connectivity index (χ0v) is 8.01. The molecule has 0 radical (unpaired) electrons. The average Bonchev–Trinajstić information content (AvgIpc) is 2.09. The Kier molecular flexibility index (Phi) is 2.78. The smallest absolute Gasteiger partial charge is 0.210 e. The van der Waals surface area contributed by atoms with Crippen molar-refractivity contribution in [3.05, 3.63) is 29.6 Å². The van der Waals surface area contributed by atoms with Crippen molar-refractivity contribution in [2.45, 2.75) is 11.8 Å². The highest BCUT2D eigenvalue weighted by Crippen LogP contribution is 2.17. The van der Waals surface area contributed by atoms with Gasteiger partial charge >= 0.3 is 0 Å². The van der Waals surface area contributed by atoms with Crippen LogP contribution in [0.15, 0.2) is 27.5 Å². The third kappa shape index (κ3) is 2.04. The molecule has 0 fully saturated rings. The highest BCUT2D eigenvalue weighted by Gasteiger charge is 2.16. The third-order valence-electron chi connectivity index (χ3n) is 1.59. The van der Waals surface area contributed by atoms with Gasteiger partial charge < -0.3 is 0 Å². The maximum Gasteiger partial charge on any atom is 0.293 e. The number of halogens is 1. The van der Waals surface area contributed by atoms with Gasteiger partial charge in [0.2, 0.25) is 0 Å². The molecule has 0 N–H and O–H groups in total. The Morgan fingerprint density at radius 1 is 1.43 bits per heavy atom. The highest BCUT2D eigenvalue weighted by atomic mass is 32.2. The summed E-state index contributed by atoms with van der Waals surface area (Å²) in [7, 11) is -4.10. The second-order valence-electron chi connectivity index (χ2n) is 2.57. The molecule has 1 aromatic rings. The summed E-state index contributed by atoms with van der Waals surface area (Å²) in [6.07, 6.45) is 0.918. The molecule has 1 aromatic carbocycles. The standard InChI is InChI=1S/C8H6FNO3S/c1-6-2-3-7(9)4-8(6)14(12,13)10-5-11/h2-4H,1H3. The van der Waals surface area contributed by atoms with Crippen molar-refractivity contribution < 1.29 is 17.6 Å². The van der Waals surface area contributed by atoms with Crippen molar-refractivity contribution in [3.63, 3.8) is 0 Å². The van der Waals surface area contributed by atoms with Gasteiger partial charge in [-0.25, -0.2) is 9.18 Å². The molecule has 0 heterocycles. The molecule has 0 aromatic heterocycles. The van der Waals surface area contributed by atoms with Crippen molar-refractivity contribution in [2.75, 3.05) is 0 Å². The first kappa shape index (κ1) is 10.6. The minimum absolute atomic E-state index is 0.319. The van der Waals surface area contributed by atoms with Crippen LogP contribution in [0.1, 0.15) is 5.56 Å². The minimum atomic E-state index is -4.10. The molecule has 0 bridgehead atoms. The molecule has 0 aliphatic heterocycles. The number of benzene rings is 1. The number of sulfonamides is 1. The molecule has 0 amide bonds. The van der Waals surface area contributed by atoms with Gasteiger partial charge in [-0.1, -0.05) is 10.5 Å². The van der Waals surface area contributed by atoms with Crippen molar-refractivity contribution >= 4 is 16.1 Å². The van der Waals surface area contributed by atoms with Gasteiger partial charge in [-0.3, -0.25) is 0 Å². The number of isocyanates is 1. The van der Waals surface area contributed by atoms with Crippen molar-refractivity contribution in [1.29, 1.82) is 0 Å². The van der Waals surface area contributed by atoms with Crippen LogP contribution in [0.3, 0.4) is 0 Å². The fourth-order valence-electron chi connectivity index (χ4n) is 0.950. The summed E-state index contributed by atoms with van der Waals surface area (Å²) in [5.41, 5.74) is 0.324. The number of carbonyl (C=O) groups excluding carboxylic acids is 1. The molecule has 0 aliphatic rings. The quantitative estimate of drug-likeness (QED) is 0.549. The number of rotatable bonds is 2. The largest absolute Gasteiger partial charge is 0.293 e. The molecule has 1 rings (SSSR count). The highest BCUT2D eigenvalue weighted by molar-refractivity contribution is 7.90. The maximum absolute atomic E-state index is 12.7. The van der Waals surface area contributed by atoms with Crippen LogP contribution in [0.5, 0.6) is 0 Å². The van der Waals surface area contributed by atoms with Crippen molar-refractivity contribution in [1.82, 2.24) is 0 Å². The van der Waals surface area contributed by atoms with E-state index in [9.17, 15) is 17.6 Å². The second kappa shape index (κ2) is 3.69. The zero-order valence-electron chi connectivity index (χ0n) is 7.19. The van der Waals surface area contributed by atoms with Crippen LogP contribution >= 0.6 is 0 Å². The topological polar surface area (TPSA) is 63.6 Å². The first-order valence-corrected chi connectivity index (χ1v) is 5.01. The van der Waals surface area contributed by atoms with E-state index in [0.717, 1.165) is 18.2 Å². The molecule has 0 aliphatic carbocycles. The fraction of sp³-hybridized carbons (Fsp3) is 0.125. The molecule has 6 heteroatoms. The molecule has 0 atom stereocenters. The average molecular weight is 215 g/mol. The van der Waals surface area contributed by atoms with Crippen LogP contribution in [0.2, 0.25) is 0 Å². The molecule has 0 spiro atoms. The van der Waals surface area contributed by atoms with E-state index in [0.29, 0.717) is 5.56 Å². The van der Waals surface area contributed by atoms with E-state index in [1.165, 1.54) is 13.0 Å². The first-order chi connectivity index (χ1) is 6.47. The molecule has 0 saturated heterocycles. The molecule has 74 valence electrons. The molecular formula is C8H6FNO3S. The van der Waals surface area contributed by atoms with E-state index < -0.39 is 15.8 Å². The lowest BCUT2D eigenvalue weighted by Gasteiger charge is -2.00. The van der Waals surface area contributed by atoms with Gasteiger partial charge in [0, 0.05) is 0 Å². The van der Waals surface area contributed by atoms with Crippen LogP contribution in [0.4, 0.5) is 4.39 Å². The fourth-order valence-corrected chi connectivity index (χ4v) is 1.88. The summed E-state index contributed by atoms with van der Waals surface area (Å²) in [5, 5.41) is 0. The Morgan fingerprint density at radius 2 is 2.07 bits per heavy atom. The Hall–Kier alpha value is -1.52. The minimum Gasteiger partial charge on any atom is -0.210 e. The third-order valence-corrected chi connectivity index (χ3v) is 2.90. The van der Waals surface area contributed by atoms with E-state index in [2.05, 4.69) is 4.40 Å². The SMILES string of the molecule is Cc1ccc(F)cc1S(=O)(=O)N=C=O. The molecule has 0 unspecified atom stereocenters. The lowest BCUT2D eigenvalue weighted by Crippen LogP contribution is -1.99. The van der Waals surface area contributed by atoms with Gasteiger partial charge in [-0.05, 0) is 24.6 Å². The number of nitrogens with zero attached hydrogens (tertiary/aromatic N) is 1. The van der Waals surface area contributed by atoms with Crippen molar-refractivity contribution in [3.8, 4) is 0 Å². The molecular weight excluding hydrogens is 209 g/mol. The van der Waals surface area contributed by atoms with E-state index in [-0.39, 0.29) is 4.90 Å². The Labute approximate surface area is 80.1 Å². The van der Waals surface area contributed by atoms with Crippen LogP contribution in [0.25, 0.3) is 0 Å². The molecule has 14 heavy (non-hydrogen) atoms. The predicted octanol–water partition coefficient (Wildman–Crippen LogP) is 1.16. The van der Waals surface area contributed by atoms with Crippen LogP contribution < -0.4 is 0 Å². The van der Waals surface area contributed by atoms with Gasteiger partial charge in [0.15, 0.2) is 0 Å². The summed E-state index contributed by atoms with van der Waals surface area (Å²) in [6.45, 7) is 1.48. The zero-order chi connectivity index (χ0) is 10.8. The predicted molar refractivity (Wildman–Crippen MR) is 46.4 cm³/mol. The van der Waals surface area contributed by atoms with Gasteiger partial charge in [0.25, 0.3) is 16.1 Å². The van der Waals surface area contributed by atoms with Gasteiger partial charge in [0.1, 0.15) is 5.82 Å². The summed E-state index contributed by atoms with van der Waals surface area (Å²) in [6, 6.07) is 3.23. The van der Waals surface area contributed by atoms with E-state index in [4.69, 9.17) is 0 Å². The van der Waals surface area contributed by atoms with Crippen LogP contribution in [0, 0.1) is 12.7 Å². The van der Waals surface area contributed by atoms with Crippen molar-refractivity contribution in [2.24, 2.45) is 4.40 Å². The molecule has 0 saturated carbocycles. The van der Waals surface area contributed by atoms with E-state index >= 15 is 0 Å². The summed E-state index contributed by atoms with van der Waals surface area (Å²) in [4.78, 5) is 9.51. The normalized spacial score (nSPS) is 10.7. The lowest BCUT2D eigenvalue weighted by molar-refractivity contribution is 0.563. The monoisotopic (exact) mass is 215 g/mol.